The molecule has 0 spiro atoms. The lowest BCUT2D eigenvalue weighted by Crippen LogP contribution is -2.07. The van der Waals surface area contributed by atoms with Crippen LogP contribution in [-0.2, 0) is 11.8 Å². The van der Waals surface area contributed by atoms with E-state index in [1.54, 1.807) is 0 Å². The Hall–Kier alpha value is -0.300. The first kappa shape index (κ1) is 10.8. The van der Waals surface area contributed by atoms with Crippen LogP contribution in [0.4, 0.5) is 0 Å². The van der Waals surface area contributed by atoms with Gasteiger partial charge in [-0.1, -0.05) is 34.6 Å². The smallest absolute Gasteiger partial charge is 0.0102 e. The Kier molecular flexibility index (Phi) is 3.18. The van der Waals surface area contributed by atoms with Gasteiger partial charge in [0.25, 0.3) is 0 Å². The fourth-order valence-electron chi connectivity index (χ4n) is 1.29. The fourth-order valence-corrected chi connectivity index (χ4v) is 2.57. The predicted molar refractivity (Wildman–Crippen MR) is 61.6 cm³/mol. The van der Waals surface area contributed by atoms with E-state index in [1.165, 1.54) is 16.2 Å². The lowest BCUT2D eigenvalue weighted by Gasteiger charge is -2.15. The minimum atomic E-state index is 0.319. The molecule has 0 radical (unpaired) electrons. The zero-order chi connectivity index (χ0) is 10.1. The van der Waals surface area contributed by atoms with Crippen molar-refractivity contribution >= 4 is 11.3 Å². The number of rotatable bonds is 2. The van der Waals surface area contributed by atoms with Crippen LogP contribution in [0, 0.1) is 5.92 Å². The Morgan fingerprint density at radius 2 is 1.85 bits per heavy atom. The molecule has 13 heavy (non-hydrogen) atoms. The van der Waals surface area contributed by atoms with Crippen LogP contribution in [0.5, 0.6) is 0 Å². The monoisotopic (exact) mass is 196 g/mol. The van der Waals surface area contributed by atoms with Crippen LogP contribution in [-0.4, -0.2) is 0 Å². The third-order valence-electron chi connectivity index (χ3n) is 2.01. The average molecular weight is 196 g/mol. The second-order valence-electron chi connectivity index (χ2n) is 5.11. The highest BCUT2D eigenvalue weighted by Gasteiger charge is 2.15. The van der Waals surface area contributed by atoms with E-state index in [-0.39, 0.29) is 0 Å². The number of hydrogen-bond acceptors (Lipinski definition) is 1. The van der Waals surface area contributed by atoms with Crippen molar-refractivity contribution in [2.75, 3.05) is 0 Å². The Labute approximate surface area is 86.0 Å². The first-order valence-corrected chi connectivity index (χ1v) is 5.80. The van der Waals surface area contributed by atoms with Gasteiger partial charge in [0.1, 0.15) is 0 Å². The first-order chi connectivity index (χ1) is 5.89. The van der Waals surface area contributed by atoms with Crippen LogP contribution in [0.2, 0.25) is 0 Å². The van der Waals surface area contributed by atoms with Crippen molar-refractivity contribution in [2.45, 2.75) is 46.5 Å². The van der Waals surface area contributed by atoms with E-state index in [2.05, 4.69) is 46.8 Å². The highest BCUT2D eigenvalue weighted by molar-refractivity contribution is 7.12. The summed E-state index contributed by atoms with van der Waals surface area (Å²) in [6.45, 7) is 11.4. The molecule has 0 aromatic carbocycles. The maximum absolute atomic E-state index is 2.28. The molecule has 1 heteroatoms. The summed E-state index contributed by atoms with van der Waals surface area (Å²) in [4.78, 5) is 3.03. The Morgan fingerprint density at radius 3 is 2.23 bits per heavy atom. The van der Waals surface area contributed by atoms with Gasteiger partial charge in [0.2, 0.25) is 0 Å². The number of thiophene rings is 1. The molecule has 0 aliphatic heterocycles. The van der Waals surface area contributed by atoms with Crippen molar-refractivity contribution in [3.05, 3.63) is 21.9 Å². The molecule has 1 aromatic heterocycles. The van der Waals surface area contributed by atoms with Crippen LogP contribution in [0.25, 0.3) is 0 Å². The molecule has 0 amide bonds. The summed E-state index contributed by atoms with van der Waals surface area (Å²) in [6, 6.07) is 4.56. The summed E-state index contributed by atoms with van der Waals surface area (Å²) >= 11 is 1.97. The van der Waals surface area contributed by atoms with E-state index in [0.29, 0.717) is 5.41 Å². The molecule has 0 aliphatic rings. The third kappa shape index (κ3) is 3.15. The van der Waals surface area contributed by atoms with Crippen LogP contribution in [0.3, 0.4) is 0 Å². The van der Waals surface area contributed by atoms with Crippen LogP contribution in [0.1, 0.15) is 44.4 Å². The van der Waals surface area contributed by atoms with Gasteiger partial charge in [-0.2, -0.15) is 0 Å². The van der Waals surface area contributed by atoms with Gasteiger partial charge in [-0.25, -0.2) is 0 Å². The topological polar surface area (TPSA) is 0 Å². The van der Waals surface area contributed by atoms with Crippen molar-refractivity contribution in [2.24, 2.45) is 5.92 Å². The van der Waals surface area contributed by atoms with E-state index in [4.69, 9.17) is 0 Å². The van der Waals surface area contributed by atoms with E-state index in [0.717, 1.165) is 5.92 Å². The summed E-state index contributed by atoms with van der Waals surface area (Å²) in [5.41, 5.74) is 0.319. The SMILES string of the molecule is CC(C)Cc1ccc(C(C)(C)C)s1. The van der Waals surface area contributed by atoms with Crippen LogP contribution < -0.4 is 0 Å². The molecule has 0 N–H and O–H groups in total. The largest absolute Gasteiger partial charge is 0.145 e. The lowest BCUT2D eigenvalue weighted by molar-refractivity contribution is 0.604. The summed E-state index contributed by atoms with van der Waals surface area (Å²) in [5, 5.41) is 0. The van der Waals surface area contributed by atoms with E-state index < -0.39 is 0 Å². The van der Waals surface area contributed by atoms with Gasteiger partial charge in [-0.05, 0) is 29.9 Å². The van der Waals surface area contributed by atoms with Crippen LogP contribution in [0.15, 0.2) is 12.1 Å². The van der Waals surface area contributed by atoms with Crippen molar-refractivity contribution in [1.29, 1.82) is 0 Å². The molecule has 0 saturated heterocycles. The molecule has 0 unspecified atom stereocenters. The molecule has 1 aromatic rings. The summed E-state index contributed by atoms with van der Waals surface area (Å²) < 4.78 is 0. The standard InChI is InChI=1S/C12H20S/c1-9(2)8-10-6-7-11(13-10)12(3,4)5/h6-7,9H,8H2,1-5H3. The predicted octanol–water partition coefficient (Wildman–Crippen LogP) is 4.24. The first-order valence-electron chi connectivity index (χ1n) is 4.99. The van der Waals surface area contributed by atoms with Gasteiger partial charge >= 0.3 is 0 Å². The summed E-state index contributed by atoms with van der Waals surface area (Å²) in [5.74, 6) is 0.770. The van der Waals surface area contributed by atoms with Gasteiger partial charge < -0.3 is 0 Å². The molecule has 0 atom stereocenters. The second-order valence-corrected chi connectivity index (χ2v) is 6.28. The zero-order valence-electron chi connectivity index (χ0n) is 9.35. The lowest BCUT2D eigenvalue weighted by atomic mass is 9.95. The normalized spacial score (nSPS) is 12.5. The van der Waals surface area contributed by atoms with E-state index >= 15 is 0 Å². The molecule has 0 bridgehead atoms. The molecule has 1 rings (SSSR count). The zero-order valence-corrected chi connectivity index (χ0v) is 10.2. The quantitative estimate of drug-likeness (QED) is 0.663. The maximum Gasteiger partial charge on any atom is 0.0102 e. The van der Waals surface area contributed by atoms with Crippen molar-refractivity contribution in [3.8, 4) is 0 Å². The van der Waals surface area contributed by atoms with E-state index in [9.17, 15) is 0 Å². The minimum Gasteiger partial charge on any atom is -0.145 e. The van der Waals surface area contributed by atoms with Gasteiger partial charge in [0.05, 0.1) is 0 Å². The number of hydrogen-bond donors (Lipinski definition) is 0. The molecule has 0 fully saturated rings. The molecule has 0 nitrogen and oxygen atoms in total. The Balaban J connectivity index is 2.75. The van der Waals surface area contributed by atoms with Crippen LogP contribution >= 0.6 is 11.3 Å². The summed E-state index contributed by atoms with van der Waals surface area (Å²) in [7, 11) is 0. The summed E-state index contributed by atoms with van der Waals surface area (Å²) in [6.07, 6.45) is 1.22. The minimum absolute atomic E-state index is 0.319. The molecule has 1 heterocycles. The Morgan fingerprint density at radius 1 is 1.23 bits per heavy atom. The van der Waals surface area contributed by atoms with Crippen molar-refractivity contribution < 1.29 is 0 Å². The fraction of sp³-hybridized carbons (Fsp3) is 0.667. The molecular weight excluding hydrogens is 176 g/mol. The average Bonchev–Trinajstić information content (AvgIpc) is 2.32. The molecule has 0 saturated carbocycles. The van der Waals surface area contributed by atoms with Gasteiger partial charge in [0.15, 0.2) is 0 Å². The van der Waals surface area contributed by atoms with Crippen molar-refractivity contribution in [3.63, 3.8) is 0 Å². The molecule has 0 aliphatic carbocycles. The third-order valence-corrected chi connectivity index (χ3v) is 3.54. The molecule has 74 valence electrons. The van der Waals surface area contributed by atoms with E-state index in [1.807, 2.05) is 11.3 Å². The highest BCUT2D eigenvalue weighted by Crippen LogP contribution is 2.30. The Bertz CT molecular complexity index is 263. The highest BCUT2D eigenvalue weighted by atomic mass is 32.1. The molecular formula is C12H20S. The van der Waals surface area contributed by atoms with Crippen molar-refractivity contribution in [1.82, 2.24) is 0 Å². The second kappa shape index (κ2) is 3.83. The maximum atomic E-state index is 2.28. The van der Waals surface area contributed by atoms with Gasteiger partial charge in [-0.15, -0.1) is 11.3 Å². The van der Waals surface area contributed by atoms with Gasteiger partial charge in [-0.3, -0.25) is 0 Å². The van der Waals surface area contributed by atoms with Gasteiger partial charge in [0, 0.05) is 9.75 Å².